The predicted molar refractivity (Wildman–Crippen MR) is 104 cm³/mol. The van der Waals surface area contributed by atoms with Gasteiger partial charge in [-0.3, -0.25) is 9.59 Å². The fourth-order valence-electron chi connectivity index (χ4n) is 2.63. The van der Waals surface area contributed by atoms with E-state index in [2.05, 4.69) is 5.32 Å². The summed E-state index contributed by atoms with van der Waals surface area (Å²) in [5, 5.41) is 3.26. The molecule has 1 aliphatic rings. The first-order valence-electron chi connectivity index (χ1n) is 8.95. The number of nitrogens with one attached hydrogen (secondary N) is 1. The molecule has 1 fully saturated rings. The van der Waals surface area contributed by atoms with Crippen molar-refractivity contribution in [3.63, 3.8) is 0 Å². The Balaban J connectivity index is 1.73. The average molecular weight is 396 g/mol. The largest absolute Gasteiger partial charge is 0.444 e. The highest BCUT2D eigenvalue weighted by Gasteiger charge is 2.27. The molecule has 1 aromatic rings. The average Bonchev–Trinajstić information content (AvgIpc) is 2.58. The Morgan fingerprint density at radius 1 is 1.07 bits per heavy atom. The quantitative estimate of drug-likeness (QED) is 0.849. The summed E-state index contributed by atoms with van der Waals surface area (Å²) in [4.78, 5) is 39.6. The molecule has 0 unspecified atom stereocenters. The first-order valence-corrected chi connectivity index (χ1v) is 9.33. The Labute approximate surface area is 164 Å². The molecule has 1 aromatic carbocycles. The number of carbonyl (C=O) groups is 3. The number of hydrogen-bond donors (Lipinski definition) is 1. The van der Waals surface area contributed by atoms with Crippen LogP contribution >= 0.6 is 11.6 Å². The van der Waals surface area contributed by atoms with Crippen LogP contribution in [0.2, 0.25) is 5.02 Å². The Kier molecular flexibility index (Phi) is 7.07. The van der Waals surface area contributed by atoms with Gasteiger partial charge in [-0.05, 0) is 39.0 Å². The third kappa shape index (κ3) is 7.09. The minimum atomic E-state index is -0.541. The van der Waals surface area contributed by atoms with Crippen molar-refractivity contribution in [3.05, 3.63) is 29.3 Å². The highest BCUT2D eigenvalue weighted by atomic mass is 35.5. The van der Waals surface area contributed by atoms with E-state index >= 15 is 0 Å². The van der Waals surface area contributed by atoms with Crippen LogP contribution in [0.5, 0.6) is 0 Å². The number of rotatable bonds is 4. The van der Waals surface area contributed by atoms with E-state index in [1.807, 2.05) is 20.8 Å². The maximum Gasteiger partial charge on any atom is 0.410 e. The Morgan fingerprint density at radius 2 is 1.70 bits per heavy atom. The summed E-state index contributed by atoms with van der Waals surface area (Å²) in [6.45, 7) is 7.18. The van der Waals surface area contributed by atoms with E-state index in [1.54, 1.807) is 34.1 Å². The van der Waals surface area contributed by atoms with Crippen LogP contribution < -0.4 is 5.32 Å². The third-order valence-electron chi connectivity index (χ3n) is 3.96. The molecule has 1 saturated heterocycles. The fraction of sp³-hybridized carbons (Fsp3) is 0.526. The van der Waals surface area contributed by atoms with Gasteiger partial charge in [-0.1, -0.05) is 17.7 Å². The minimum absolute atomic E-state index is 0.0949. The number of carbonyl (C=O) groups excluding carboxylic acids is 3. The van der Waals surface area contributed by atoms with Crippen molar-refractivity contribution < 1.29 is 19.1 Å². The van der Waals surface area contributed by atoms with E-state index in [0.717, 1.165) is 0 Å². The van der Waals surface area contributed by atoms with Gasteiger partial charge in [0.05, 0.1) is 0 Å². The summed E-state index contributed by atoms with van der Waals surface area (Å²) in [5.41, 5.74) is 0.0614. The molecule has 0 aromatic heterocycles. The number of halogens is 1. The van der Waals surface area contributed by atoms with E-state index in [4.69, 9.17) is 16.3 Å². The normalized spacial score (nSPS) is 14.7. The van der Waals surface area contributed by atoms with Gasteiger partial charge in [0.1, 0.15) is 5.60 Å². The number of anilines is 1. The van der Waals surface area contributed by atoms with Crippen molar-refractivity contribution in [2.75, 3.05) is 31.5 Å². The molecule has 8 heteroatoms. The Hall–Kier alpha value is -2.28. The van der Waals surface area contributed by atoms with Crippen LogP contribution in [0.1, 0.15) is 33.6 Å². The highest BCUT2D eigenvalue weighted by molar-refractivity contribution is 6.30. The first-order chi connectivity index (χ1) is 12.6. The zero-order valence-corrected chi connectivity index (χ0v) is 16.7. The van der Waals surface area contributed by atoms with Crippen LogP contribution in [-0.4, -0.2) is 59.5 Å². The fourth-order valence-corrected chi connectivity index (χ4v) is 2.82. The zero-order valence-electron chi connectivity index (χ0n) is 16.0. The summed E-state index contributed by atoms with van der Waals surface area (Å²) in [6.07, 6.45) is -0.147. The molecule has 148 valence electrons. The standard InChI is InChI=1S/C19H26ClN3O4/c1-19(2,3)27-18(26)23-11-9-22(10-12-23)17(25)8-7-16(24)21-15-6-4-5-14(20)13-15/h4-6,13H,7-12H2,1-3H3,(H,21,24). The lowest BCUT2D eigenvalue weighted by Gasteiger charge is -2.35. The van der Waals surface area contributed by atoms with Crippen molar-refractivity contribution >= 4 is 35.2 Å². The van der Waals surface area contributed by atoms with Crippen LogP contribution in [0.15, 0.2) is 24.3 Å². The maximum atomic E-state index is 12.3. The molecule has 0 aliphatic carbocycles. The second kappa shape index (κ2) is 9.08. The molecule has 1 N–H and O–H groups in total. The van der Waals surface area contributed by atoms with Gasteiger partial charge in [-0.2, -0.15) is 0 Å². The molecule has 0 radical (unpaired) electrons. The Morgan fingerprint density at radius 3 is 2.30 bits per heavy atom. The van der Waals surface area contributed by atoms with Crippen molar-refractivity contribution in [1.29, 1.82) is 0 Å². The van der Waals surface area contributed by atoms with Gasteiger partial charge in [0.25, 0.3) is 0 Å². The van der Waals surface area contributed by atoms with Crippen LogP contribution in [0.25, 0.3) is 0 Å². The number of ether oxygens (including phenoxy) is 1. The molecule has 3 amide bonds. The van der Waals surface area contributed by atoms with Gasteiger partial charge in [0.2, 0.25) is 11.8 Å². The van der Waals surface area contributed by atoms with Crippen LogP contribution in [0.3, 0.4) is 0 Å². The minimum Gasteiger partial charge on any atom is -0.444 e. The third-order valence-corrected chi connectivity index (χ3v) is 4.19. The van der Waals surface area contributed by atoms with Gasteiger partial charge >= 0.3 is 6.09 Å². The number of hydrogen-bond acceptors (Lipinski definition) is 4. The summed E-state index contributed by atoms with van der Waals surface area (Å²) < 4.78 is 5.34. The molecule has 0 atom stereocenters. The van der Waals surface area contributed by atoms with Gasteiger partial charge < -0.3 is 19.9 Å². The topological polar surface area (TPSA) is 79.0 Å². The van der Waals surface area contributed by atoms with Gasteiger partial charge in [0.15, 0.2) is 0 Å². The molecule has 0 spiro atoms. The van der Waals surface area contributed by atoms with Crippen molar-refractivity contribution in [2.24, 2.45) is 0 Å². The molecule has 7 nitrogen and oxygen atoms in total. The summed E-state index contributed by atoms with van der Waals surface area (Å²) in [5.74, 6) is -0.335. The molecular formula is C19H26ClN3O4. The van der Waals surface area contributed by atoms with Crippen molar-refractivity contribution in [2.45, 2.75) is 39.2 Å². The van der Waals surface area contributed by atoms with Crippen molar-refractivity contribution in [1.82, 2.24) is 9.80 Å². The van der Waals surface area contributed by atoms with Crippen LogP contribution in [-0.2, 0) is 14.3 Å². The number of benzene rings is 1. The molecule has 1 heterocycles. The lowest BCUT2D eigenvalue weighted by molar-refractivity contribution is -0.134. The molecule has 0 bridgehead atoms. The monoisotopic (exact) mass is 395 g/mol. The second-order valence-corrected chi connectivity index (χ2v) is 7.84. The van der Waals surface area contributed by atoms with Crippen LogP contribution in [0.4, 0.5) is 10.5 Å². The maximum absolute atomic E-state index is 12.3. The molecule has 2 rings (SSSR count). The lowest BCUT2D eigenvalue weighted by atomic mass is 10.2. The predicted octanol–water partition coefficient (Wildman–Crippen LogP) is 3.14. The molecular weight excluding hydrogens is 370 g/mol. The number of nitrogens with zero attached hydrogens (tertiary/aromatic N) is 2. The highest BCUT2D eigenvalue weighted by Crippen LogP contribution is 2.16. The summed E-state index contributed by atoms with van der Waals surface area (Å²) >= 11 is 5.88. The first kappa shape index (κ1) is 21.0. The van der Waals surface area contributed by atoms with Crippen LogP contribution in [0, 0.1) is 0 Å². The SMILES string of the molecule is CC(C)(C)OC(=O)N1CCN(C(=O)CCC(=O)Nc2cccc(Cl)c2)CC1. The van der Waals surface area contributed by atoms with E-state index < -0.39 is 5.60 Å². The van der Waals surface area contributed by atoms with Gasteiger partial charge in [0, 0.05) is 49.7 Å². The van der Waals surface area contributed by atoms with Gasteiger partial charge in [-0.15, -0.1) is 0 Å². The van der Waals surface area contributed by atoms with Gasteiger partial charge in [-0.25, -0.2) is 4.79 Å². The molecule has 0 saturated carbocycles. The van der Waals surface area contributed by atoms with E-state index in [-0.39, 0.29) is 30.7 Å². The molecule has 1 aliphatic heterocycles. The number of piperazine rings is 1. The van der Waals surface area contributed by atoms with E-state index in [9.17, 15) is 14.4 Å². The van der Waals surface area contributed by atoms with E-state index in [1.165, 1.54) is 0 Å². The van der Waals surface area contributed by atoms with E-state index in [0.29, 0.717) is 36.9 Å². The lowest BCUT2D eigenvalue weighted by Crippen LogP contribution is -2.51. The summed E-state index contributed by atoms with van der Waals surface area (Å²) in [6, 6.07) is 6.85. The number of amides is 3. The smallest absolute Gasteiger partial charge is 0.410 e. The van der Waals surface area contributed by atoms with Crippen molar-refractivity contribution in [3.8, 4) is 0 Å². The summed E-state index contributed by atoms with van der Waals surface area (Å²) in [7, 11) is 0. The zero-order chi connectivity index (χ0) is 20.0. The molecule has 27 heavy (non-hydrogen) atoms. The Bertz CT molecular complexity index is 694. The second-order valence-electron chi connectivity index (χ2n) is 7.41.